The number of nitrogens with zero attached hydrogens (tertiary/aromatic N) is 4. The Balaban J connectivity index is 1.18. The molecule has 0 spiro atoms. The molecule has 166 valence electrons. The topological polar surface area (TPSA) is 69.8 Å². The van der Waals surface area contributed by atoms with Crippen LogP contribution in [0.4, 0.5) is 0 Å². The van der Waals surface area contributed by atoms with Gasteiger partial charge in [-0.15, -0.1) is 22.7 Å². The van der Waals surface area contributed by atoms with Crippen LogP contribution in [0.1, 0.15) is 59.4 Å². The molecule has 0 bridgehead atoms. The average molecular weight is 467 g/mol. The molecule has 6 nitrogen and oxygen atoms in total. The van der Waals surface area contributed by atoms with Crippen molar-refractivity contribution >= 4 is 43.1 Å². The zero-order chi connectivity index (χ0) is 21.7. The van der Waals surface area contributed by atoms with E-state index in [0.717, 1.165) is 71.8 Å². The van der Waals surface area contributed by atoms with E-state index in [2.05, 4.69) is 9.97 Å². The number of hydrogen-bond acceptors (Lipinski definition) is 6. The Morgan fingerprint density at radius 2 is 1.12 bits per heavy atom. The van der Waals surface area contributed by atoms with Crippen molar-refractivity contribution < 1.29 is 0 Å². The van der Waals surface area contributed by atoms with Crippen LogP contribution in [0.3, 0.4) is 0 Å². The molecule has 0 aromatic carbocycles. The molecule has 0 saturated carbocycles. The average Bonchev–Trinajstić information content (AvgIpc) is 3.38. The third-order valence-electron chi connectivity index (χ3n) is 6.93. The second-order valence-electron chi connectivity index (χ2n) is 8.98. The maximum Gasteiger partial charge on any atom is 0.262 e. The standard InChI is InChI=1S/C24H26N4O2S2/c29-23-19-15-7-1-3-9-17(15)31-21(19)25-13-27(23)11-5-6-12-28-14-26-22-20(24(28)30)16-8-2-4-10-18(16)32-22/h13-14H,1-12H2. The van der Waals surface area contributed by atoms with Gasteiger partial charge in [-0.1, -0.05) is 0 Å². The maximum absolute atomic E-state index is 13.1. The van der Waals surface area contributed by atoms with Crippen molar-refractivity contribution in [1.82, 2.24) is 19.1 Å². The summed E-state index contributed by atoms with van der Waals surface area (Å²) in [6.07, 6.45) is 13.9. The van der Waals surface area contributed by atoms with Gasteiger partial charge in [0, 0.05) is 22.8 Å². The van der Waals surface area contributed by atoms with E-state index in [0.29, 0.717) is 13.1 Å². The van der Waals surface area contributed by atoms with E-state index < -0.39 is 0 Å². The lowest BCUT2D eigenvalue weighted by atomic mass is 9.97. The van der Waals surface area contributed by atoms with Crippen molar-refractivity contribution in [2.75, 3.05) is 0 Å². The number of thiophene rings is 2. The highest BCUT2D eigenvalue weighted by Gasteiger charge is 2.21. The lowest BCUT2D eigenvalue weighted by Gasteiger charge is -2.11. The quantitative estimate of drug-likeness (QED) is 0.407. The van der Waals surface area contributed by atoms with E-state index in [4.69, 9.17) is 0 Å². The first-order valence-electron chi connectivity index (χ1n) is 11.7. The molecule has 0 radical (unpaired) electrons. The minimum atomic E-state index is 0.0968. The van der Waals surface area contributed by atoms with Crippen molar-refractivity contribution in [2.24, 2.45) is 0 Å². The monoisotopic (exact) mass is 466 g/mol. The fourth-order valence-corrected chi connectivity index (χ4v) is 7.68. The Bertz CT molecular complexity index is 1330. The van der Waals surface area contributed by atoms with Crippen LogP contribution in [0.2, 0.25) is 0 Å². The molecule has 0 N–H and O–H groups in total. The SMILES string of the molecule is O=c1c2c3c(sc2ncn1CCCCn1cnc2sc4c(c2c1=O)CCCC4)CCCC3. The zero-order valence-corrected chi connectivity index (χ0v) is 19.7. The summed E-state index contributed by atoms with van der Waals surface area (Å²) in [7, 11) is 0. The van der Waals surface area contributed by atoms with Crippen LogP contribution in [0.5, 0.6) is 0 Å². The normalized spacial score (nSPS) is 15.9. The minimum absolute atomic E-state index is 0.0968. The summed E-state index contributed by atoms with van der Waals surface area (Å²) in [5.41, 5.74) is 2.68. The van der Waals surface area contributed by atoms with Gasteiger partial charge < -0.3 is 0 Å². The van der Waals surface area contributed by atoms with Crippen molar-refractivity contribution in [3.8, 4) is 0 Å². The molecular weight excluding hydrogens is 440 g/mol. The van der Waals surface area contributed by atoms with Gasteiger partial charge in [0.05, 0.1) is 23.4 Å². The van der Waals surface area contributed by atoms with Crippen molar-refractivity contribution in [1.29, 1.82) is 0 Å². The fraction of sp³-hybridized carbons (Fsp3) is 0.500. The lowest BCUT2D eigenvalue weighted by molar-refractivity contribution is 0.533. The Kier molecular flexibility index (Phi) is 5.22. The second-order valence-corrected chi connectivity index (χ2v) is 11.1. The Labute approximate surface area is 193 Å². The van der Waals surface area contributed by atoms with Crippen molar-refractivity contribution in [3.05, 3.63) is 54.2 Å². The van der Waals surface area contributed by atoms with Gasteiger partial charge in [0.1, 0.15) is 9.66 Å². The van der Waals surface area contributed by atoms with Crippen LogP contribution in [-0.4, -0.2) is 19.1 Å². The van der Waals surface area contributed by atoms with Gasteiger partial charge in [-0.2, -0.15) is 0 Å². The molecule has 0 fully saturated rings. The van der Waals surface area contributed by atoms with E-state index in [1.165, 1.54) is 33.7 Å². The van der Waals surface area contributed by atoms with Gasteiger partial charge in [0.25, 0.3) is 11.1 Å². The van der Waals surface area contributed by atoms with Crippen LogP contribution in [-0.2, 0) is 38.8 Å². The van der Waals surface area contributed by atoms with E-state index in [-0.39, 0.29) is 11.1 Å². The second kappa shape index (κ2) is 8.23. The molecule has 0 atom stereocenters. The first kappa shape index (κ1) is 20.3. The van der Waals surface area contributed by atoms with Gasteiger partial charge in [0.15, 0.2) is 0 Å². The molecular formula is C24H26N4O2S2. The third-order valence-corrected chi connectivity index (χ3v) is 9.33. The number of unbranched alkanes of at least 4 members (excludes halogenated alkanes) is 1. The summed E-state index contributed by atoms with van der Waals surface area (Å²) >= 11 is 3.38. The van der Waals surface area contributed by atoms with Crippen molar-refractivity contribution in [3.63, 3.8) is 0 Å². The van der Waals surface area contributed by atoms with Crippen LogP contribution >= 0.6 is 22.7 Å². The number of aryl methyl sites for hydroxylation is 6. The molecule has 32 heavy (non-hydrogen) atoms. The Hall–Kier alpha value is -2.32. The molecule has 0 amide bonds. The summed E-state index contributed by atoms with van der Waals surface area (Å²) in [6.45, 7) is 1.26. The van der Waals surface area contributed by atoms with E-state index >= 15 is 0 Å². The minimum Gasteiger partial charge on any atom is -0.299 e. The number of hydrogen-bond donors (Lipinski definition) is 0. The van der Waals surface area contributed by atoms with Crippen LogP contribution in [0.15, 0.2) is 22.2 Å². The summed E-state index contributed by atoms with van der Waals surface area (Å²) in [5, 5.41) is 1.70. The third kappa shape index (κ3) is 3.35. The molecule has 2 aliphatic rings. The molecule has 4 heterocycles. The molecule has 0 saturated heterocycles. The van der Waals surface area contributed by atoms with Crippen LogP contribution in [0.25, 0.3) is 20.4 Å². The highest BCUT2D eigenvalue weighted by Crippen LogP contribution is 2.34. The summed E-state index contributed by atoms with van der Waals surface area (Å²) in [6, 6.07) is 0. The Morgan fingerprint density at radius 3 is 1.59 bits per heavy atom. The van der Waals surface area contributed by atoms with E-state index in [1.54, 1.807) is 44.5 Å². The lowest BCUT2D eigenvalue weighted by Crippen LogP contribution is -2.23. The first-order chi connectivity index (χ1) is 15.7. The number of aromatic nitrogens is 4. The fourth-order valence-electron chi connectivity index (χ4n) is 5.25. The predicted octanol–water partition coefficient (Wildman–Crippen LogP) is 4.47. The molecule has 4 aromatic rings. The highest BCUT2D eigenvalue weighted by molar-refractivity contribution is 7.19. The Morgan fingerprint density at radius 1 is 0.688 bits per heavy atom. The molecule has 0 unspecified atom stereocenters. The van der Waals surface area contributed by atoms with Gasteiger partial charge in [-0.3, -0.25) is 18.7 Å². The largest absolute Gasteiger partial charge is 0.299 e. The van der Waals surface area contributed by atoms with E-state index in [1.807, 2.05) is 0 Å². The maximum atomic E-state index is 13.1. The summed E-state index contributed by atoms with van der Waals surface area (Å²) in [5.74, 6) is 0. The van der Waals surface area contributed by atoms with E-state index in [9.17, 15) is 9.59 Å². The summed E-state index contributed by atoms with van der Waals surface area (Å²) < 4.78 is 3.51. The number of rotatable bonds is 5. The first-order valence-corrected chi connectivity index (χ1v) is 13.3. The molecule has 0 aliphatic heterocycles. The van der Waals surface area contributed by atoms with Gasteiger partial charge in [-0.25, -0.2) is 9.97 Å². The van der Waals surface area contributed by atoms with Crippen LogP contribution < -0.4 is 11.1 Å². The van der Waals surface area contributed by atoms with Gasteiger partial charge in [0.2, 0.25) is 0 Å². The van der Waals surface area contributed by atoms with Crippen LogP contribution in [0, 0.1) is 0 Å². The molecule has 6 rings (SSSR count). The smallest absolute Gasteiger partial charge is 0.262 e. The van der Waals surface area contributed by atoms with Gasteiger partial charge >= 0.3 is 0 Å². The van der Waals surface area contributed by atoms with Crippen molar-refractivity contribution in [2.45, 2.75) is 77.3 Å². The molecule has 4 aromatic heterocycles. The molecule has 2 aliphatic carbocycles. The zero-order valence-electron chi connectivity index (χ0n) is 18.1. The number of fused-ring (bicyclic) bond motifs is 6. The summed E-state index contributed by atoms with van der Waals surface area (Å²) in [4.78, 5) is 39.9. The molecule has 8 heteroatoms. The highest BCUT2D eigenvalue weighted by atomic mass is 32.1. The van der Waals surface area contributed by atoms with Gasteiger partial charge in [-0.05, 0) is 75.3 Å². The predicted molar refractivity (Wildman–Crippen MR) is 130 cm³/mol.